The monoisotopic (exact) mass is 142 g/mol. The summed E-state index contributed by atoms with van der Waals surface area (Å²) in [5.74, 6) is 0.748. The molecule has 1 heterocycles. The Balaban J connectivity index is 2.65. The SMILES string of the molecule is CN(CS)c1cc[nH]c1. The van der Waals surface area contributed by atoms with Gasteiger partial charge in [0.05, 0.1) is 11.6 Å². The Hall–Kier alpha value is -0.570. The van der Waals surface area contributed by atoms with Gasteiger partial charge < -0.3 is 9.88 Å². The second kappa shape index (κ2) is 2.82. The average molecular weight is 142 g/mol. The summed E-state index contributed by atoms with van der Waals surface area (Å²) in [5.41, 5.74) is 1.17. The zero-order valence-corrected chi connectivity index (χ0v) is 6.23. The molecule has 1 rings (SSSR count). The predicted octanol–water partition coefficient (Wildman–Crippen LogP) is 1.34. The van der Waals surface area contributed by atoms with Crippen LogP contribution in [0.4, 0.5) is 5.69 Å². The zero-order chi connectivity index (χ0) is 6.69. The maximum absolute atomic E-state index is 4.11. The van der Waals surface area contributed by atoms with Gasteiger partial charge in [-0.1, -0.05) is 0 Å². The highest BCUT2D eigenvalue weighted by atomic mass is 32.1. The van der Waals surface area contributed by atoms with Gasteiger partial charge in [0.1, 0.15) is 0 Å². The molecule has 1 aromatic heterocycles. The fourth-order valence-corrected chi connectivity index (χ4v) is 0.797. The Morgan fingerprint density at radius 1 is 1.78 bits per heavy atom. The lowest BCUT2D eigenvalue weighted by Crippen LogP contribution is -2.12. The summed E-state index contributed by atoms with van der Waals surface area (Å²) in [6.07, 6.45) is 3.84. The smallest absolute Gasteiger partial charge is 0.0607 e. The molecule has 0 radical (unpaired) electrons. The van der Waals surface area contributed by atoms with Crippen LogP contribution in [0.3, 0.4) is 0 Å². The first kappa shape index (κ1) is 6.55. The van der Waals surface area contributed by atoms with Crippen molar-refractivity contribution in [3.05, 3.63) is 18.5 Å². The molecule has 0 amide bonds. The molecule has 1 N–H and O–H groups in total. The lowest BCUT2D eigenvalue weighted by molar-refractivity contribution is 1.10. The minimum absolute atomic E-state index is 0.748. The first-order valence-corrected chi connectivity index (χ1v) is 3.42. The van der Waals surface area contributed by atoms with Crippen LogP contribution < -0.4 is 4.90 Å². The van der Waals surface area contributed by atoms with Crippen LogP contribution in [0.15, 0.2) is 18.5 Å². The lowest BCUT2D eigenvalue weighted by Gasteiger charge is -2.12. The molecule has 0 aliphatic carbocycles. The number of hydrogen-bond donors (Lipinski definition) is 2. The van der Waals surface area contributed by atoms with E-state index in [1.54, 1.807) is 0 Å². The maximum Gasteiger partial charge on any atom is 0.0607 e. The third kappa shape index (κ3) is 1.42. The molecule has 0 unspecified atom stereocenters. The van der Waals surface area contributed by atoms with Crippen LogP contribution in [0.25, 0.3) is 0 Å². The van der Waals surface area contributed by atoms with Crippen LogP contribution in [0.1, 0.15) is 0 Å². The number of nitrogens with zero attached hydrogens (tertiary/aromatic N) is 1. The van der Waals surface area contributed by atoms with Crippen molar-refractivity contribution in [1.82, 2.24) is 4.98 Å². The lowest BCUT2D eigenvalue weighted by atomic mass is 10.5. The van der Waals surface area contributed by atoms with Crippen LogP contribution in [0, 0.1) is 0 Å². The minimum atomic E-state index is 0.748. The molecule has 9 heavy (non-hydrogen) atoms. The summed E-state index contributed by atoms with van der Waals surface area (Å²) in [4.78, 5) is 5.01. The van der Waals surface area contributed by atoms with Gasteiger partial charge in [0.2, 0.25) is 0 Å². The van der Waals surface area contributed by atoms with Gasteiger partial charge in [0.25, 0.3) is 0 Å². The molecule has 0 saturated carbocycles. The van der Waals surface area contributed by atoms with Crippen LogP contribution >= 0.6 is 12.6 Å². The van der Waals surface area contributed by atoms with E-state index in [1.165, 1.54) is 5.69 Å². The van der Waals surface area contributed by atoms with Crippen molar-refractivity contribution in [2.75, 3.05) is 17.8 Å². The van der Waals surface area contributed by atoms with Gasteiger partial charge in [-0.05, 0) is 6.07 Å². The Kier molecular flexibility index (Phi) is 2.05. The van der Waals surface area contributed by atoms with E-state index in [-0.39, 0.29) is 0 Å². The van der Waals surface area contributed by atoms with Crippen molar-refractivity contribution in [3.8, 4) is 0 Å². The summed E-state index contributed by atoms with van der Waals surface area (Å²) in [6.45, 7) is 0. The Morgan fingerprint density at radius 3 is 3.00 bits per heavy atom. The highest BCUT2D eigenvalue weighted by Gasteiger charge is 1.94. The molecular formula is C6H10N2S. The molecule has 0 atom stereocenters. The number of aromatic amines is 1. The highest BCUT2D eigenvalue weighted by molar-refractivity contribution is 7.80. The van der Waals surface area contributed by atoms with E-state index in [0.717, 1.165) is 5.88 Å². The van der Waals surface area contributed by atoms with Gasteiger partial charge >= 0.3 is 0 Å². The van der Waals surface area contributed by atoms with E-state index >= 15 is 0 Å². The Bertz CT molecular complexity index is 160. The van der Waals surface area contributed by atoms with E-state index in [0.29, 0.717) is 0 Å². The van der Waals surface area contributed by atoms with Crippen LogP contribution in [-0.2, 0) is 0 Å². The number of H-pyrrole nitrogens is 1. The molecule has 0 bridgehead atoms. The third-order valence-electron chi connectivity index (χ3n) is 1.23. The van der Waals surface area contributed by atoms with Gasteiger partial charge in [-0.3, -0.25) is 0 Å². The molecule has 0 aliphatic heterocycles. The normalized spacial score (nSPS) is 9.56. The highest BCUT2D eigenvalue weighted by Crippen LogP contribution is 2.09. The summed E-state index contributed by atoms with van der Waals surface area (Å²) >= 11 is 4.11. The molecule has 50 valence electrons. The number of nitrogens with one attached hydrogen (secondary N) is 1. The van der Waals surface area contributed by atoms with Crippen LogP contribution in [0.5, 0.6) is 0 Å². The quantitative estimate of drug-likeness (QED) is 0.471. The van der Waals surface area contributed by atoms with E-state index in [1.807, 2.05) is 30.4 Å². The third-order valence-corrected chi connectivity index (χ3v) is 1.66. The standard InChI is InChI=1S/C6H10N2S/c1-8(5-9)6-2-3-7-4-6/h2-4,7,9H,5H2,1H3. The predicted molar refractivity (Wildman–Crippen MR) is 43.0 cm³/mol. The van der Waals surface area contributed by atoms with Crippen molar-refractivity contribution in [3.63, 3.8) is 0 Å². The molecule has 2 nitrogen and oxygen atoms in total. The van der Waals surface area contributed by atoms with Crippen LogP contribution in [-0.4, -0.2) is 17.9 Å². The first-order valence-electron chi connectivity index (χ1n) is 2.79. The summed E-state index contributed by atoms with van der Waals surface area (Å²) in [7, 11) is 2.00. The second-order valence-electron chi connectivity index (χ2n) is 1.91. The maximum atomic E-state index is 4.11. The summed E-state index contributed by atoms with van der Waals surface area (Å²) in [5, 5.41) is 0. The fraction of sp³-hybridized carbons (Fsp3) is 0.333. The second-order valence-corrected chi connectivity index (χ2v) is 2.19. The van der Waals surface area contributed by atoms with Crippen LogP contribution in [0.2, 0.25) is 0 Å². The first-order chi connectivity index (χ1) is 4.34. The van der Waals surface area contributed by atoms with Gasteiger partial charge in [0, 0.05) is 19.4 Å². The number of aromatic nitrogens is 1. The molecule has 0 fully saturated rings. The number of rotatable bonds is 2. The van der Waals surface area contributed by atoms with E-state index < -0.39 is 0 Å². The number of hydrogen-bond acceptors (Lipinski definition) is 2. The topological polar surface area (TPSA) is 19.0 Å². The largest absolute Gasteiger partial charge is 0.366 e. The van der Waals surface area contributed by atoms with E-state index in [9.17, 15) is 0 Å². The molecule has 3 heteroatoms. The van der Waals surface area contributed by atoms with E-state index in [2.05, 4.69) is 17.6 Å². The summed E-state index contributed by atoms with van der Waals surface area (Å²) in [6, 6.07) is 2.01. The molecule has 0 aliphatic rings. The van der Waals surface area contributed by atoms with E-state index in [4.69, 9.17) is 0 Å². The van der Waals surface area contributed by atoms with Crippen molar-refractivity contribution in [1.29, 1.82) is 0 Å². The molecule has 0 saturated heterocycles. The van der Waals surface area contributed by atoms with Crippen molar-refractivity contribution in [2.45, 2.75) is 0 Å². The fourth-order valence-electron chi connectivity index (χ4n) is 0.634. The Morgan fingerprint density at radius 2 is 2.56 bits per heavy atom. The van der Waals surface area contributed by atoms with Crippen molar-refractivity contribution < 1.29 is 0 Å². The van der Waals surface area contributed by atoms with Gasteiger partial charge in [-0.15, -0.1) is 0 Å². The van der Waals surface area contributed by atoms with Gasteiger partial charge in [-0.2, -0.15) is 12.6 Å². The molecule has 0 spiro atoms. The van der Waals surface area contributed by atoms with Crippen molar-refractivity contribution >= 4 is 18.3 Å². The van der Waals surface area contributed by atoms with Gasteiger partial charge in [0.15, 0.2) is 0 Å². The minimum Gasteiger partial charge on any atom is -0.366 e. The number of thiol groups is 1. The average Bonchev–Trinajstić information content (AvgIpc) is 2.37. The van der Waals surface area contributed by atoms with Crippen molar-refractivity contribution in [2.24, 2.45) is 0 Å². The van der Waals surface area contributed by atoms with Gasteiger partial charge in [-0.25, -0.2) is 0 Å². The zero-order valence-electron chi connectivity index (χ0n) is 5.33. The summed E-state index contributed by atoms with van der Waals surface area (Å²) < 4.78 is 0. The Labute approximate surface area is 60.3 Å². The molecule has 0 aromatic carbocycles. The molecular weight excluding hydrogens is 132 g/mol. The molecule has 1 aromatic rings. The number of anilines is 1.